The van der Waals surface area contributed by atoms with Crippen LogP contribution in [0.5, 0.6) is 5.88 Å². The van der Waals surface area contributed by atoms with Gasteiger partial charge in [-0.05, 0) is 20.3 Å². The van der Waals surface area contributed by atoms with E-state index in [0.29, 0.717) is 0 Å². The van der Waals surface area contributed by atoms with Gasteiger partial charge < -0.3 is 10.8 Å². The van der Waals surface area contributed by atoms with E-state index >= 15 is 0 Å². The van der Waals surface area contributed by atoms with E-state index in [0.717, 1.165) is 4.57 Å². The van der Waals surface area contributed by atoms with E-state index in [1.807, 2.05) is 0 Å². The first-order chi connectivity index (χ1) is 8.20. The first-order valence-corrected chi connectivity index (χ1v) is 5.56. The number of hydrogen-bond acceptors (Lipinski definition) is 4. The van der Waals surface area contributed by atoms with Gasteiger partial charge in [0.1, 0.15) is 0 Å². The van der Waals surface area contributed by atoms with Gasteiger partial charge in [-0.15, -0.1) is 0 Å². The number of nitrogens with two attached hydrogens (primary N) is 1. The molecule has 1 aromatic heterocycles. The molecule has 0 aliphatic carbocycles. The van der Waals surface area contributed by atoms with Crippen LogP contribution in [-0.4, -0.2) is 20.6 Å². The van der Waals surface area contributed by atoms with Crippen LogP contribution in [0.25, 0.3) is 0 Å². The summed E-state index contributed by atoms with van der Waals surface area (Å²) in [6, 6.07) is 0. The summed E-state index contributed by atoms with van der Waals surface area (Å²) in [7, 11) is 0. The number of carbonyl (C=O) groups excluding carboxylic acids is 1. The predicted molar refractivity (Wildman–Crippen MR) is 65.5 cm³/mol. The van der Waals surface area contributed by atoms with Crippen molar-refractivity contribution >= 4 is 5.91 Å². The minimum absolute atomic E-state index is 0.104. The molecular formula is C11H17N3O4. The van der Waals surface area contributed by atoms with Crippen molar-refractivity contribution in [2.45, 2.75) is 39.2 Å². The Labute approximate surface area is 103 Å². The van der Waals surface area contributed by atoms with Crippen LogP contribution in [0.4, 0.5) is 0 Å². The molecule has 1 heterocycles. The molecular weight excluding hydrogens is 238 g/mol. The second-order valence-electron chi connectivity index (χ2n) is 4.71. The van der Waals surface area contributed by atoms with Gasteiger partial charge in [-0.3, -0.25) is 19.1 Å². The van der Waals surface area contributed by atoms with Gasteiger partial charge in [0.15, 0.2) is 0 Å². The number of aromatic hydroxyl groups is 1. The van der Waals surface area contributed by atoms with Gasteiger partial charge in [-0.2, -0.15) is 0 Å². The highest BCUT2D eigenvalue weighted by Gasteiger charge is 2.28. The summed E-state index contributed by atoms with van der Waals surface area (Å²) in [4.78, 5) is 36.3. The number of aromatic amines is 1. The fourth-order valence-electron chi connectivity index (χ4n) is 1.95. The van der Waals surface area contributed by atoms with E-state index in [4.69, 9.17) is 5.73 Å². The molecule has 1 amide bonds. The lowest BCUT2D eigenvalue weighted by Gasteiger charge is -2.27. The molecule has 0 aromatic carbocycles. The molecule has 0 atom stereocenters. The maximum absolute atomic E-state index is 11.8. The third-order valence-electron chi connectivity index (χ3n) is 2.75. The predicted octanol–water partition coefficient (Wildman–Crippen LogP) is -0.585. The molecule has 0 saturated carbocycles. The summed E-state index contributed by atoms with van der Waals surface area (Å²) in [6.07, 6.45) is 0.143. The molecule has 100 valence electrons. The number of carbonyl (C=O) groups is 1. The molecule has 0 saturated heterocycles. The van der Waals surface area contributed by atoms with Gasteiger partial charge in [-0.25, -0.2) is 4.79 Å². The van der Waals surface area contributed by atoms with Crippen molar-refractivity contribution in [2.75, 3.05) is 0 Å². The average Bonchev–Trinajstić information content (AvgIpc) is 2.13. The van der Waals surface area contributed by atoms with Crippen molar-refractivity contribution in [1.29, 1.82) is 0 Å². The standard InChI is InChI=1S/C11H17N3O4/c1-4-6-8(16)13-10(18)14(9(6)17)11(2,3)5-7(12)15/h17H,4-5H2,1-3H3,(H2,12,15)(H,13,16,18). The number of nitrogens with one attached hydrogen (secondary N) is 1. The monoisotopic (exact) mass is 255 g/mol. The summed E-state index contributed by atoms with van der Waals surface area (Å²) in [5.41, 5.74) is 2.82. The van der Waals surface area contributed by atoms with E-state index in [1.54, 1.807) is 20.8 Å². The number of aromatic nitrogens is 2. The molecule has 0 unspecified atom stereocenters. The Kier molecular flexibility index (Phi) is 3.64. The van der Waals surface area contributed by atoms with Gasteiger partial charge in [0.05, 0.1) is 11.1 Å². The molecule has 0 radical (unpaired) electrons. The topological polar surface area (TPSA) is 118 Å². The molecule has 0 fully saturated rings. The van der Waals surface area contributed by atoms with Crippen LogP contribution in [0.1, 0.15) is 32.8 Å². The fraction of sp³-hybridized carbons (Fsp3) is 0.545. The van der Waals surface area contributed by atoms with Crippen LogP contribution >= 0.6 is 0 Å². The lowest BCUT2D eigenvalue weighted by Crippen LogP contribution is -2.43. The summed E-state index contributed by atoms with van der Waals surface area (Å²) < 4.78 is 0.984. The molecule has 18 heavy (non-hydrogen) atoms. The summed E-state index contributed by atoms with van der Waals surface area (Å²) in [6.45, 7) is 4.84. The number of nitrogens with zero attached hydrogens (tertiary/aromatic N) is 1. The first kappa shape index (κ1) is 14.0. The van der Waals surface area contributed by atoms with Gasteiger partial charge in [0.2, 0.25) is 11.8 Å². The fourth-order valence-corrected chi connectivity index (χ4v) is 1.95. The first-order valence-electron chi connectivity index (χ1n) is 5.56. The minimum atomic E-state index is -1.01. The van der Waals surface area contributed by atoms with E-state index in [2.05, 4.69) is 4.98 Å². The Morgan fingerprint density at radius 3 is 2.44 bits per heavy atom. The van der Waals surface area contributed by atoms with Crippen LogP contribution in [0, 0.1) is 0 Å². The van der Waals surface area contributed by atoms with Crippen molar-refractivity contribution in [2.24, 2.45) is 5.73 Å². The zero-order valence-electron chi connectivity index (χ0n) is 10.6. The Morgan fingerprint density at radius 1 is 1.44 bits per heavy atom. The third-order valence-corrected chi connectivity index (χ3v) is 2.75. The maximum Gasteiger partial charge on any atom is 0.331 e. The quantitative estimate of drug-likeness (QED) is 0.666. The largest absolute Gasteiger partial charge is 0.494 e. The molecule has 0 aliphatic heterocycles. The van der Waals surface area contributed by atoms with Crippen LogP contribution in [0.15, 0.2) is 9.59 Å². The van der Waals surface area contributed by atoms with Crippen LogP contribution in [0.3, 0.4) is 0 Å². The van der Waals surface area contributed by atoms with E-state index in [-0.39, 0.29) is 18.4 Å². The van der Waals surface area contributed by atoms with E-state index in [1.165, 1.54) is 0 Å². The molecule has 1 rings (SSSR count). The zero-order chi connectivity index (χ0) is 14.1. The Morgan fingerprint density at radius 2 is 2.00 bits per heavy atom. The highest BCUT2D eigenvalue weighted by atomic mass is 16.3. The van der Waals surface area contributed by atoms with Gasteiger partial charge in [0, 0.05) is 6.42 Å². The summed E-state index contributed by atoms with van der Waals surface area (Å²) >= 11 is 0. The normalized spacial score (nSPS) is 11.5. The number of H-pyrrole nitrogens is 1. The molecule has 0 aliphatic rings. The number of amides is 1. The highest BCUT2D eigenvalue weighted by Crippen LogP contribution is 2.24. The molecule has 0 bridgehead atoms. The lowest BCUT2D eigenvalue weighted by atomic mass is 9.99. The van der Waals surface area contributed by atoms with Gasteiger partial charge >= 0.3 is 5.69 Å². The number of primary amides is 1. The number of rotatable bonds is 4. The van der Waals surface area contributed by atoms with E-state index in [9.17, 15) is 19.5 Å². The van der Waals surface area contributed by atoms with Crippen molar-refractivity contribution in [3.05, 3.63) is 26.4 Å². The smallest absolute Gasteiger partial charge is 0.331 e. The maximum atomic E-state index is 11.8. The summed E-state index contributed by atoms with van der Waals surface area (Å²) in [5, 5.41) is 9.99. The highest BCUT2D eigenvalue weighted by molar-refractivity contribution is 5.74. The van der Waals surface area contributed by atoms with Crippen LogP contribution in [0.2, 0.25) is 0 Å². The SMILES string of the molecule is CCc1c(O)n(C(C)(C)CC(N)=O)c(=O)[nH]c1=O. The van der Waals surface area contributed by atoms with Gasteiger partial charge in [-0.1, -0.05) is 6.92 Å². The minimum Gasteiger partial charge on any atom is -0.494 e. The van der Waals surface area contributed by atoms with Crippen LogP contribution < -0.4 is 17.0 Å². The van der Waals surface area contributed by atoms with Crippen molar-refractivity contribution in [1.82, 2.24) is 9.55 Å². The molecule has 4 N–H and O–H groups in total. The van der Waals surface area contributed by atoms with Gasteiger partial charge in [0.25, 0.3) is 5.56 Å². The Balaban J connectivity index is 3.55. The van der Waals surface area contributed by atoms with Crippen LogP contribution in [-0.2, 0) is 16.8 Å². The Bertz CT molecular complexity index is 583. The molecule has 7 nitrogen and oxygen atoms in total. The molecule has 1 aromatic rings. The second kappa shape index (κ2) is 4.67. The third kappa shape index (κ3) is 2.44. The molecule has 0 spiro atoms. The second-order valence-corrected chi connectivity index (χ2v) is 4.71. The number of hydrogen-bond donors (Lipinski definition) is 3. The van der Waals surface area contributed by atoms with Crippen molar-refractivity contribution < 1.29 is 9.90 Å². The van der Waals surface area contributed by atoms with Crippen molar-refractivity contribution in [3.8, 4) is 5.88 Å². The summed E-state index contributed by atoms with van der Waals surface area (Å²) in [5.74, 6) is -1.02. The van der Waals surface area contributed by atoms with E-state index < -0.39 is 28.6 Å². The average molecular weight is 255 g/mol. The Hall–Kier alpha value is -2.05. The zero-order valence-corrected chi connectivity index (χ0v) is 10.6. The van der Waals surface area contributed by atoms with Crippen molar-refractivity contribution in [3.63, 3.8) is 0 Å². The molecule has 7 heteroatoms. The lowest BCUT2D eigenvalue weighted by molar-refractivity contribution is -0.119.